The number of aromatic hydroxyl groups is 2. The van der Waals surface area contributed by atoms with E-state index in [-0.39, 0.29) is 29.1 Å². The first kappa shape index (κ1) is 16.5. The van der Waals surface area contributed by atoms with Crippen LogP contribution in [0.25, 0.3) is 0 Å². The van der Waals surface area contributed by atoms with E-state index < -0.39 is 0 Å². The van der Waals surface area contributed by atoms with Crippen molar-refractivity contribution >= 4 is 17.5 Å². The molecule has 0 aliphatic carbocycles. The molecule has 2 aromatic rings. The van der Waals surface area contributed by atoms with Crippen LogP contribution in [-0.2, 0) is 0 Å². The molecule has 1 aliphatic rings. The number of ether oxygens (including phenoxy) is 1. The number of rotatable bonds is 3. The number of hydrogen-bond acceptors (Lipinski definition) is 4. The molecular weight excluding hydrogens is 330 g/mol. The van der Waals surface area contributed by atoms with Gasteiger partial charge in [0.25, 0.3) is 5.91 Å². The Bertz CT molecular complexity index is 704. The molecular formula is C18H18ClNO4. The zero-order valence-corrected chi connectivity index (χ0v) is 13.7. The maximum atomic E-state index is 12.5. The van der Waals surface area contributed by atoms with Crippen LogP contribution in [0, 0.1) is 0 Å². The fraction of sp³-hybridized carbons (Fsp3) is 0.278. The lowest BCUT2D eigenvalue weighted by Gasteiger charge is -2.32. The fourth-order valence-corrected chi connectivity index (χ4v) is 2.91. The van der Waals surface area contributed by atoms with Gasteiger partial charge in [0.05, 0.1) is 0 Å². The zero-order chi connectivity index (χ0) is 17.1. The van der Waals surface area contributed by atoms with Crippen molar-refractivity contribution in [1.29, 1.82) is 0 Å². The molecule has 5 nitrogen and oxygen atoms in total. The van der Waals surface area contributed by atoms with Crippen molar-refractivity contribution in [2.75, 3.05) is 13.1 Å². The van der Waals surface area contributed by atoms with Crippen molar-refractivity contribution in [2.45, 2.75) is 18.9 Å². The summed E-state index contributed by atoms with van der Waals surface area (Å²) >= 11 is 5.85. The van der Waals surface area contributed by atoms with Crippen LogP contribution < -0.4 is 4.74 Å². The standard InChI is InChI=1S/C18H18ClNO4/c19-12-4-6-13(7-5-12)24-14-8-10-20(11-9-14)18(23)17-15(21)2-1-3-16(17)22/h1-7,14,21-22H,8-11H2. The fourth-order valence-electron chi connectivity index (χ4n) is 2.79. The smallest absolute Gasteiger partial charge is 0.261 e. The third-order valence-electron chi connectivity index (χ3n) is 4.08. The van der Waals surface area contributed by atoms with Gasteiger partial charge in [0.2, 0.25) is 0 Å². The average molecular weight is 348 g/mol. The van der Waals surface area contributed by atoms with E-state index >= 15 is 0 Å². The topological polar surface area (TPSA) is 70.0 Å². The Hall–Kier alpha value is -2.40. The predicted octanol–water partition coefficient (Wildman–Crippen LogP) is 3.43. The van der Waals surface area contributed by atoms with Crippen LogP contribution in [0.2, 0.25) is 5.02 Å². The van der Waals surface area contributed by atoms with Crippen LogP contribution in [-0.4, -0.2) is 40.2 Å². The number of phenols is 2. The van der Waals surface area contributed by atoms with Gasteiger partial charge in [-0.25, -0.2) is 0 Å². The van der Waals surface area contributed by atoms with Crippen LogP contribution in [0.1, 0.15) is 23.2 Å². The summed E-state index contributed by atoms with van der Waals surface area (Å²) in [5.41, 5.74) is -0.0467. The lowest BCUT2D eigenvalue weighted by molar-refractivity contribution is 0.0590. The summed E-state index contributed by atoms with van der Waals surface area (Å²) < 4.78 is 5.90. The van der Waals surface area contributed by atoms with Gasteiger partial charge in [0, 0.05) is 31.0 Å². The normalized spacial score (nSPS) is 15.3. The van der Waals surface area contributed by atoms with Gasteiger partial charge in [0.1, 0.15) is 28.9 Å². The third-order valence-corrected chi connectivity index (χ3v) is 4.33. The van der Waals surface area contributed by atoms with E-state index in [0.29, 0.717) is 31.0 Å². The minimum atomic E-state index is -0.365. The number of halogens is 1. The summed E-state index contributed by atoms with van der Waals surface area (Å²) in [6.45, 7) is 1.01. The highest BCUT2D eigenvalue weighted by Gasteiger charge is 2.27. The first-order valence-electron chi connectivity index (χ1n) is 7.77. The predicted molar refractivity (Wildman–Crippen MR) is 90.8 cm³/mol. The van der Waals surface area contributed by atoms with E-state index in [0.717, 1.165) is 5.75 Å². The molecule has 0 spiro atoms. The molecule has 1 amide bonds. The van der Waals surface area contributed by atoms with Crippen LogP contribution in [0.3, 0.4) is 0 Å². The van der Waals surface area contributed by atoms with Gasteiger partial charge in [-0.3, -0.25) is 4.79 Å². The molecule has 2 aromatic carbocycles. The number of carbonyl (C=O) groups excluding carboxylic acids is 1. The van der Waals surface area contributed by atoms with Crippen LogP contribution in [0.4, 0.5) is 0 Å². The summed E-state index contributed by atoms with van der Waals surface area (Å²) in [6, 6.07) is 11.5. The van der Waals surface area contributed by atoms with Gasteiger partial charge >= 0.3 is 0 Å². The minimum Gasteiger partial charge on any atom is -0.507 e. The number of hydrogen-bond donors (Lipinski definition) is 2. The largest absolute Gasteiger partial charge is 0.507 e. The van der Waals surface area contributed by atoms with E-state index in [9.17, 15) is 15.0 Å². The molecule has 0 aromatic heterocycles. The third kappa shape index (κ3) is 3.57. The van der Waals surface area contributed by atoms with Crippen LogP contribution in [0.15, 0.2) is 42.5 Å². The molecule has 1 aliphatic heterocycles. The number of piperidine rings is 1. The first-order chi connectivity index (χ1) is 11.5. The molecule has 1 fully saturated rings. The number of amides is 1. The Kier molecular flexibility index (Phi) is 4.81. The molecule has 3 rings (SSSR count). The van der Waals surface area contributed by atoms with E-state index in [1.54, 1.807) is 17.0 Å². The Morgan fingerprint density at radius 1 is 1.04 bits per heavy atom. The monoisotopic (exact) mass is 347 g/mol. The summed E-state index contributed by atoms with van der Waals surface area (Å²) in [4.78, 5) is 14.1. The number of carbonyl (C=O) groups is 1. The Morgan fingerprint density at radius 3 is 2.21 bits per heavy atom. The maximum absolute atomic E-state index is 12.5. The zero-order valence-electron chi connectivity index (χ0n) is 13.0. The van der Waals surface area contributed by atoms with Crippen molar-refractivity contribution in [1.82, 2.24) is 4.90 Å². The molecule has 0 atom stereocenters. The number of nitrogens with zero attached hydrogens (tertiary/aromatic N) is 1. The lowest BCUT2D eigenvalue weighted by Crippen LogP contribution is -2.41. The van der Waals surface area contributed by atoms with Crippen molar-refractivity contribution in [3.8, 4) is 17.2 Å². The highest BCUT2D eigenvalue weighted by molar-refractivity contribution is 6.30. The molecule has 126 valence electrons. The Morgan fingerprint density at radius 2 is 1.62 bits per heavy atom. The average Bonchev–Trinajstić information content (AvgIpc) is 2.57. The number of phenolic OH excluding ortho intramolecular Hbond substituents is 2. The van der Waals surface area contributed by atoms with Crippen LogP contribution >= 0.6 is 11.6 Å². The van der Waals surface area contributed by atoms with E-state index in [4.69, 9.17) is 16.3 Å². The molecule has 1 heterocycles. The van der Waals surface area contributed by atoms with Gasteiger partial charge < -0.3 is 19.8 Å². The molecule has 2 N–H and O–H groups in total. The number of benzene rings is 2. The Balaban J connectivity index is 1.60. The highest BCUT2D eigenvalue weighted by atomic mass is 35.5. The van der Waals surface area contributed by atoms with Gasteiger partial charge in [-0.15, -0.1) is 0 Å². The maximum Gasteiger partial charge on any atom is 0.261 e. The summed E-state index contributed by atoms with van der Waals surface area (Å²) in [5, 5.41) is 20.3. The van der Waals surface area contributed by atoms with Crippen molar-refractivity contribution in [3.05, 3.63) is 53.1 Å². The van der Waals surface area contributed by atoms with Crippen molar-refractivity contribution in [3.63, 3.8) is 0 Å². The van der Waals surface area contributed by atoms with Gasteiger partial charge in [-0.2, -0.15) is 0 Å². The van der Waals surface area contributed by atoms with Crippen molar-refractivity contribution in [2.24, 2.45) is 0 Å². The molecule has 6 heteroatoms. The quantitative estimate of drug-likeness (QED) is 0.892. The van der Waals surface area contributed by atoms with Gasteiger partial charge in [-0.05, 0) is 36.4 Å². The van der Waals surface area contributed by atoms with Crippen molar-refractivity contribution < 1.29 is 19.7 Å². The molecule has 1 saturated heterocycles. The molecule has 0 saturated carbocycles. The molecule has 0 radical (unpaired) electrons. The highest BCUT2D eigenvalue weighted by Crippen LogP contribution is 2.29. The summed E-state index contributed by atoms with van der Waals surface area (Å²) in [5.74, 6) is -0.0304. The first-order valence-corrected chi connectivity index (χ1v) is 8.15. The second-order valence-electron chi connectivity index (χ2n) is 5.73. The molecule has 0 bridgehead atoms. The van der Waals surface area contributed by atoms with Gasteiger partial charge in [-0.1, -0.05) is 17.7 Å². The van der Waals surface area contributed by atoms with E-state index in [1.165, 1.54) is 18.2 Å². The SMILES string of the molecule is O=C(c1c(O)cccc1O)N1CCC(Oc2ccc(Cl)cc2)CC1. The van der Waals surface area contributed by atoms with Crippen LogP contribution in [0.5, 0.6) is 17.2 Å². The van der Waals surface area contributed by atoms with E-state index in [1.807, 2.05) is 12.1 Å². The molecule has 24 heavy (non-hydrogen) atoms. The second kappa shape index (κ2) is 7.01. The minimum absolute atomic E-state index is 0.0215. The number of likely N-dealkylation sites (tertiary alicyclic amines) is 1. The lowest BCUT2D eigenvalue weighted by atomic mass is 10.1. The summed E-state index contributed by atoms with van der Waals surface area (Å²) in [6.07, 6.45) is 1.39. The second-order valence-corrected chi connectivity index (χ2v) is 6.17. The Labute approximate surface area is 145 Å². The summed E-state index contributed by atoms with van der Waals surface area (Å²) in [7, 11) is 0. The van der Waals surface area contributed by atoms with Gasteiger partial charge in [0.15, 0.2) is 0 Å². The van der Waals surface area contributed by atoms with E-state index in [2.05, 4.69) is 0 Å². The molecule has 0 unspecified atom stereocenters.